The molecule has 1 N–H and O–H groups in total. The Kier molecular flexibility index (Phi) is 4.90. The molecule has 0 spiro atoms. The van der Waals surface area contributed by atoms with Crippen LogP contribution in [0.1, 0.15) is 26.0 Å². The Morgan fingerprint density at radius 3 is 2.58 bits per heavy atom. The number of anilines is 1. The number of ether oxygens (including phenoxy) is 1. The monoisotopic (exact) mass is 258 g/mol. The van der Waals surface area contributed by atoms with E-state index in [1.807, 2.05) is 12.1 Å². The third kappa shape index (κ3) is 3.78. The van der Waals surface area contributed by atoms with Crippen molar-refractivity contribution in [1.82, 2.24) is 4.57 Å². The Labute approximate surface area is 115 Å². The lowest BCUT2D eigenvalue weighted by Crippen LogP contribution is -2.05. The van der Waals surface area contributed by atoms with Crippen LogP contribution < -0.4 is 10.1 Å². The lowest BCUT2D eigenvalue weighted by Gasteiger charge is -2.10. The van der Waals surface area contributed by atoms with E-state index in [-0.39, 0.29) is 0 Å². The fourth-order valence-corrected chi connectivity index (χ4v) is 2.00. The van der Waals surface area contributed by atoms with Crippen LogP contribution in [0.5, 0.6) is 5.75 Å². The van der Waals surface area contributed by atoms with Crippen molar-refractivity contribution in [2.75, 3.05) is 11.9 Å². The zero-order valence-corrected chi connectivity index (χ0v) is 11.7. The van der Waals surface area contributed by atoms with Crippen molar-refractivity contribution in [3.8, 4) is 5.75 Å². The molecule has 1 aromatic heterocycles. The summed E-state index contributed by atoms with van der Waals surface area (Å²) in [4.78, 5) is 0. The predicted octanol–water partition coefficient (Wildman–Crippen LogP) is 3.91. The first kappa shape index (κ1) is 13.5. The van der Waals surface area contributed by atoms with Crippen molar-refractivity contribution in [2.45, 2.75) is 33.4 Å². The Bertz CT molecular complexity index is 488. The number of nitrogens with one attached hydrogen (secondary N) is 1. The molecule has 2 aromatic rings. The zero-order chi connectivity index (χ0) is 13.5. The van der Waals surface area contributed by atoms with Gasteiger partial charge in [0.15, 0.2) is 0 Å². The van der Waals surface area contributed by atoms with E-state index in [9.17, 15) is 0 Å². The van der Waals surface area contributed by atoms with Crippen LogP contribution in [-0.2, 0) is 13.1 Å². The molecule has 0 fully saturated rings. The number of benzene rings is 1. The summed E-state index contributed by atoms with van der Waals surface area (Å²) in [5, 5.41) is 3.43. The van der Waals surface area contributed by atoms with Gasteiger partial charge in [0.05, 0.1) is 13.2 Å². The summed E-state index contributed by atoms with van der Waals surface area (Å²) in [6, 6.07) is 12.4. The summed E-state index contributed by atoms with van der Waals surface area (Å²) in [6.07, 6.45) is 3.15. The van der Waals surface area contributed by atoms with Gasteiger partial charge in [0.2, 0.25) is 0 Å². The van der Waals surface area contributed by atoms with Crippen LogP contribution in [0, 0.1) is 0 Å². The molecule has 3 heteroatoms. The van der Waals surface area contributed by atoms with Crippen LogP contribution >= 0.6 is 0 Å². The van der Waals surface area contributed by atoms with Gasteiger partial charge in [0.1, 0.15) is 5.75 Å². The lowest BCUT2D eigenvalue weighted by molar-refractivity contribution is 0.317. The molecule has 0 bridgehead atoms. The molecule has 0 saturated carbocycles. The van der Waals surface area contributed by atoms with Crippen LogP contribution in [0.15, 0.2) is 42.6 Å². The van der Waals surface area contributed by atoms with Gasteiger partial charge in [0.25, 0.3) is 0 Å². The molecule has 1 heterocycles. The van der Waals surface area contributed by atoms with Gasteiger partial charge < -0.3 is 14.6 Å². The van der Waals surface area contributed by atoms with Crippen LogP contribution in [0.2, 0.25) is 0 Å². The average molecular weight is 258 g/mol. The van der Waals surface area contributed by atoms with Crippen molar-refractivity contribution in [1.29, 1.82) is 0 Å². The zero-order valence-electron chi connectivity index (χ0n) is 11.7. The van der Waals surface area contributed by atoms with E-state index >= 15 is 0 Å². The second-order valence-corrected chi connectivity index (χ2v) is 4.51. The molecule has 0 unspecified atom stereocenters. The summed E-state index contributed by atoms with van der Waals surface area (Å²) in [7, 11) is 0. The largest absolute Gasteiger partial charge is 0.494 e. The number of aryl methyl sites for hydroxylation is 1. The normalized spacial score (nSPS) is 10.4. The van der Waals surface area contributed by atoms with Gasteiger partial charge in [-0.2, -0.15) is 0 Å². The van der Waals surface area contributed by atoms with E-state index in [1.165, 1.54) is 5.69 Å². The molecule has 19 heavy (non-hydrogen) atoms. The third-order valence-corrected chi connectivity index (χ3v) is 3.07. The van der Waals surface area contributed by atoms with E-state index in [1.54, 1.807) is 0 Å². The second-order valence-electron chi connectivity index (χ2n) is 4.51. The molecular weight excluding hydrogens is 236 g/mol. The first-order valence-electron chi connectivity index (χ1n) is 6.94. The molecule has 0 aliphatic carbocycles. The highest BCUT2D eigenvalue weighted by atomic mass is 16.5. The number of hydrogen-bond acceptors (Lipinski definition) is 2. The van der Waals surface area contributed by atoms with Gasteiger partial charge in [-0.1, -0.05) is 6.92 Å². The van der Waals surface area contributed by atoms with Crippen molar-refractivity contribution in [2.24, 2.45) is 0 Å². The summed E-state index contributed by atoms with van der Waals surface area (Å²) >= 11 is 0. The average Bonchev–Trinajstić information content (AvgIpc) is 2.91. The first-order valence-corrected chi connectivity index (χ1v) is 6.94. The fraction of sp³-hybridized carbons (Fsp3) is 0.375. The minimum Gasteiger partial charge on any atom is -0.494 e. The van der Waals surface area contributed by atoms with Crippen LogP contribution in [-0.4, -0.2) is 11.2 Å². The number of nitrogens with zero attached hydrogens (tertiary/aromatic N) is 1. The maximum atomic E-state index is 5.57. The van der Waals surface area contributed by atoms with Crippen molar-refractivity contribution < 1.29 is 4.74 Å². The van der Waals surface area contributed by atoms with E-state index in [2.05, 4.69) is 54.2 Å². The van der Waals surface area contributed by atoms with Gasteiger partial charge in [-0.05, 0) is 49.7 Å². The summed E-state index contributed by atoms with van der Waals surface area (Å²) in [6.45, 7) is 6.89. The van der Waals surface area contributed by atoms with Crippen LogP contribution in [0.3, 0.4) is 0 Å². The van der Waals surface area contributed by atoms with E-state index in [4.69, 9.17) is 4.74 Å². The van der Waals surface area contributed by atoms with E-state index < -0.39 is 0 Å². The number of aromatic nitrogens is 1. The molecule has 2 rings (SSSR count). The minimum absolute atomic E-state index is 0.775. The minimum atomic E-state index is 0.775. The fourth-order valence-electron chi connectivity index (χ4n) is 2.00. The smallest absolute Gasteiger partial charge is 0.119 e. The molecule has 1 aromatic carbocycles. The molecule has 0 atom stereocenters. The Morgan fingerprint density at radius 2 is 1.89 bits per heavy atom. The number of hydrogen-bond donors (Lipinski definition) is 1. The maximum Gasteiger partial charge on any atom is 0.119 e. The molecule has 0 aliphatic heterocycles. The SMILES string of the molecule is CCCOc1ccc(NCc2cccn2CC)cc1. The van der Waals surface area contributed by atoms with Gasteiger partial charge in [-0.25, -0.2) is 0 Å². The molecule has 0 aliphatic rings. The van der Waals surface area contributed by atoms with Crippen molar-refractivity contribution >= 4 is 5.69 Å². The standard InChI is InChI=1S/C16H22N2O/c1-3-12-19-16-9-7-14(8-10-16)17-13-15-6-5-11-18(15)4-2/h5-11,17H,3-4,12-13H2,1-2H3. The van der Waals surface area contributed by atoms with Crippen molar-refractivity contribution in [3.05, 3.63) is 48.3 Å². The highest BCUT2D eigenvalue weighted by molar-refractivity contribution is 5.46. The highest BCUT2D eigenvalue weighted by Crippen LogP contribution is 2.16. The summed E-state index contributed by atoms with van der Waals surface area (Å²) in [5.41, 5.74) is 2.42. The van der Waals surface area contributed by atoms with E-state index in [0.29, 0.717) is 0 Å². The third-order valence-electron chi connectivity index (χ3n) is 3.07. The Hall–Kier alpha value is -1.90. The quantitative estimate of drug-likeness (QED) is 0.815. The topological polar surface area (TPSA) is 26.2 Å². The van der Waals surface area contributed by atoms with Gasteiger partial charge in [0, 0.05) is 24.1 Å². The highest BCUT2D eigenvalue weighted by Gasteiger charge is 1.99. The predicted molar refractivity (Wildman–Crippen MR) is 79.7 cm³/mol. The molecule has 102 valence electrons. The van der Waals surface area contributed by atoms with E-state index in [0.717, 1.165) is 37.6 Å². The Morgan fingerprint density at radius 1 is 1.11 bits per heavy atom. The molecular formula is C16H22N2O. The van der Waals surface area contributed by atoms with Gasteiger partial charge in [-0.3, -0.25) is 0 Å². The molecule has 0 radical (unpaired) electrons. The van der Waals surface area contributed by atoms with Crippen LogP contribution in [0.25, 0.3) is 0 Å². The Balaban J connectivity index is 1.89. The summed E-state index contributed by atoms with van der Waals surface area (Å²) in [5.74, 6) is 0.935. The van der Waals surface area contributed by atoms with Gasteiger partial charge in [-0.15, -0.1) is 0 Å². The number of rotatable bonds is 7. The first-order chi connectivity index (χ1) is 9.33. The molecule has 0 saturated heterocycles. The van der Waals surface area contributed by atoms with Crippen molar-refractivity contribution in [3.63, 3.8) is 0 Å². The van der Waals surface area contributed by atoms with Gasteiger partial charge >= 0.3 is 0 Å². The molecule has 0 amide bonds. The second kappa shape index (κ2) is 6.88. The van der Waals surface area contributed by atoms with Crippen LogP contribution in [0.4, 0.5) is 5.69 Å². The summed E-state index contributed by atoms with van der Waals surface area (Å²) < 4.78 is 7.81. The maximum absolute atomic E-state index is 5.57. The molecule has 3 nitrogen and oxygen atoms in total. The lowest BCUT2D eigenvalue weighted by atomic mass is 10.3.